The molecule has 1 fully saturated rings. The van der Waals surface area contributed by atoms with Gasteiger partial charge in [0.1, 0.15) is 0 Å². The van der Waals surface area contributed by atoms with Crippen molar-refractivity contribution in [1.82, 2.24) is 14.5 Å². The van der Waals surface area contributed by atoms with Gasteiger partial charge in [0.2, 0.25) is 21.1 Å². The van der Waals surface area contributed by atoms with Crippen molar-refractivity contribution < 1.29 is 31.2 Å². The zero-order valence-corrected chi connectivity index (χ0v) is 22.1. The lowest BCUT2D eigenvalue weighted by Crippen LogP contribution is -2.35. The maximum Gasteiger partial charge on any atom is 0.416 e. The van der Waals surface area contributed by atoms with Crippen molar-refractivity contribution in [3.63, 3.8) is 0 Å². The van der Waals surface area contributed by atoms with Crippen molar-refractivity contribution in [1.29, 1.82) is 0 Å². The Morgan fingerprint density at radius 3 is 2.24 bits per heavy atom. The van der Waals surface area contributed by atoms with E-state index in [0.717, 1.165) is 54.5 Å². The van der Waals surface area contributed by atoms with Crippen LogP contribution in [0.2, 0.25) is 0 Å². The number of nitrogens with zero attached hydrogens (tertiary/aromatic N) is 3. The van der Waals surface area contributed by atoms with Crippen molar-refractivity contribution in [3.8, 4) is 0 Å². The van der Waals surface area contributed by atoms with Crippen molar-refractivity contribution in [2.45, 2.75) is 34.7 Å². The fourth-order valence-electron chi connectivity index (χ4n) is 3.59. The number of hydrogen-bond donors (Lipinski definition) is 2. The number of sulfonamides is 1. The molecule has 0 aliphatic carbocycles. The molecule has 4 rings (SSSR count). The van der Waals surface area contributed by atoms with E-state index in [9.17, 15) is 31.2 Å². The van der Waals surface area contributed by atoms with Gasteiger partial charge in [-0.2, -0.15) is 17.5 Å². The molecule has 2 amide bonds. The van der Waals surface area contributed by atoms with Crippen molar-refractivity contribution >= 4 is 55.8 Å². The number of hydrogen-bond acceptors (Lipinski definition) is 8. The highest BCUT2D eigenvalue weighted by atomic mass is 32.2. The number of carbonyl (C=O) groups excluding carboxylic acids is 2. The molecule has 202 valence electrons. The van der Waals surface area contributed by atoms with Crippen molar-refractivity contribution in [3.05, 3.63) is 59.7 Å². The molecule has 0 bridgehead atoms. The molecule has 0 saturated carbocycles. The van der Waals surface area contributed by atoms with Crippen LogP contribution in [0.4, 0.5) is 24.0 Å². The summed E-state index contributed by atoms with van der Waals surface area (Å²) in [7, 11) is -3.60. The van der Waals surface area contributed by atoms with Gasteiger partial charge in [-0.1, -0.05) is 29.5 Å². The zero-order chi connectivity index (χ0) is 27.3. The minimum Gasteiger partial charge on any atom is -0.325 e. The van der Waals surface area contributed by atoms with Crippen molar-refractivity contribution in [2.75, 3.05) is 29.5 Å². The third kappa shape index (κ3) is 7.09. The molecule has 1 aliphatic rings. The Morgan fingerprint density at radius 2 is 1.61 bits per heavy atom. The molecule has 2 heterocycles. The summed E-state index contributed by atoms with van der Waals surface area (Å²) in [5.41, 5.74) is -0.349. The van der Waals surface area contributed by atoms with Gasteiger partial charge in [-0.05, 0) is 61.4 Å². The summed E-state index contributed by atoms with van der Waals surface area (Å²) < 4.78 is 65.3. The molecule has 38 heavy (non-hydrogen) atoms. The number of carbonyl (C=O) groups is 2. The summed E-state index contributed by atoms with van der Waals surface area (Å²) in [6.07, 6.45) is -1.80. The first-order chi connectivity index (χ1) is 18.0. The minimum absolute atomic E-state index is 0.0729. The molecule has 1 aromatic heterocycles. The molecule has 9 nitrogen and oxygen atoms in total. The monoisotopic (exact) mass is 585 g/mol. The van der Waals surface area contributed by atoms with Crippen LogP contribution in [0.5, 0.6) is 0 Å². The Kier molecular flexibility index (Phi) is 8.70. The van der Waals surface area contributed by atoms with E-state index >= 15 is 0 Å². The summed E-state index contributed by atoms with van der Waals surface area (Å²) in [5, 5.41) is 13.0. The lowest BCUT2D eigenvalue weighted by molar-refractivity contribution is -0.137. The van der Waals surface area contributed by atoms with Crippen LogP contribution in [0.3, 0.4) is 0 Å². The number of benzene rings is 2. The standard InChI is InChI=1S/C23H22F3N5O4S3/c24-23(25,26)16-6-8-17(9-7-16)27-19(32)14-36-22-30-29-21(37-22)28-20(33)15-4-10-18(11-5-15)38(34,35)31-12-2-1-3-13-31/h4-11H,1-3,12-14H2,(H,27,32)(H,28,29,33). The van der Waals surface area contributed by atoms with Crippen LogP contribution < -0.4 is 10.6 Å². The fraction of sp³-hybridized carbons (Fsp3) is 0.304. The predicted octanol–water partition coefficient (Wildman–Crippen LogP) is 4.71. The lowest BCUT2D eigenvalue weighted by Gasteiger charge is -2.25. The van der Waals surface area contributed by atoms with Gasteiger partial charge in [-0.25, -0.2) is 8.42 Å². The molecule has 15 heteroatoms. The van der Waals surface area contributed by atoms with Crippen LogP contribution in [0.25, 0.3) is 0 Å². The predicted molar refractivity (Wildman–Crippen MR) is 138 cm³/mol. The van der Waals surface area contributed by atoms with Gasteiger partial charge in [0.25, 0.3) is 5.91 Å². The topological polar surface area (TPSA) is 121 Å². The van der Waals surface area contributed by atoms with Crippen molar-refractivity contribution in [2.24, 2.45) is 0 Å². The Balaban J connectivity index is 1.28. The molecular formula is C23H22F3N5O4S3. The summed E-state index contributed by atoms with van der Waals surface area (Å²) in [6, 6.07) is 9.74. The first-order valence-electron chi connectivity index (χ1n) is 11.4. The molecule has 2 N–H and O–H groups in total. The summed E-state index contributed by atoms with van der Waals surface area (Å²) in [6.45, 7) is 0.970. The van der Waals surface area contributed by atoms with E-state index in [0.29, 0.717) is 17.4 Å². The maximum atomic E-state index is 12.8. The molecule has 0 unspecified atom stereocenters. The van der Waals surface area contributed by atoms with Crippen LogP contribution in [-0.4, -0.2) is 53.6 Å². The number of piperidine rings is 1. The van der Waals surface area contributed by atoms with Crippen LogP contribution in [0, 0.1) is 0 Å². The number of rotatable bonds is 8. The molecule has 2 aromatic carbocycles. The van der Waals surface area contributed by atoms with Gasteiger partial charge in [0.15, 0.2) is 4.34 Å². The number of nitrogens with one attached hydrogen (secondary N) is 2. The number of thioether (sulfide) groups is 1. The second kappa shape index (κ2) is 11.8. The van der Waals surface area contributed by atoms with Gasteiger partial charge in [-0.3, -0.25) is 14.9 Å². The van der Waals surface area contributed by atoms with Crippen LogP contribution in [0.15, 0.2) is 57.8 Å². The molecule has 0 radical (unpaired) electrons. The van der Waals surface area contributed by atoms with E-state index in [1.807, 2.05) is 0 Å². The first kappa shape index (κ1) is 28.0. The highest BCUT2D eigenvalue weighted by Gasteiger charge is 2.30. The van der Waals surface area contributed by atoms with Gasteiger partial charge in [-0.15, -0.1) is 10.2 Å². The smallest absolute Gasteiger partial charge is 0.325 e. The largest absolute Gasteiger partial charge is 0.416 e. The van der Waals surface area contributed by atoms with Gasteiger partial charge < -0.3 is 5.32 Å². The van der Waals surface area contributed by atoms with Crippen LogP contribution >= 0.6 is 23.1 Å². The average Bonchev–Trinajstić information content (AvgIpc) is 3.35. The van der Waals surface area contributed by atoms with Gasteiger partial charge in [0.05, 0.1) is 16.2 Å². The number of alkyl halides is 3. The minimum atomic E-state index is -4.46. The molecule has 1 saturated heterocycles. The Morgan fingerprint density at radius 1 is 0.947 bits per heavy atom. The number of halogens is 3. The Bertz CT molecular complexity index is 1390. The van der Waals surface area contributed by atoms with E-state index in [4.69, 9.17) is 0 Å². The Hall–Kier alpha value is -3.01. The highest BCUT2D eigenvalue weighted by molar-refractivity contribution is 8.01. The fourth-order valence-corrected chi connectivity index (χ4v) is 6.65. The summed E-state index contributed by atoms with van der Waals surface area (Å²) in [4.78, 5) is 24.8. The highest BCUT2D eigenvalue weighted by Crippen LogP contribution is 2.30. The summed E-state index contributed by atoms with van der Waals surface area (Å²) in [5.74, 6) is -1.02. The average molecular weight is 586 g/mol. The van der Waals surface area contributed by atoms with E-state index < -0.39 is 33.6 Å². The maximum absolute atomic E-state index is 12.8. The zero-order valence-electron chi connectivity index (χ0n) is 19.7. The molecule has 3 aromatic rings. The Labute approximate surface area is 224 Å². The SMILES string of the molecule is O=C(CSc1nnc(NC(=O)c2ccc(S(=O)(=O)N3CCCCC3)cc2)s1)Nc1ccc(C(F)(F)F)cc1. The van der Waals surface area contributed by atoms with E-state index in [1.54, 1.807) is 0 Å². The molecule has 0 spiro atoms. The third-order valence-electron chi connectivity index (χ3n) is 5.52. The summed E-state index contributed by atoms with van der Waals surface area (Å²) >= 11 is 2.08. The molecule has 0 atom stereocenters. The van der Waals surface area contributed by atoms with E-state index in [1.165, 1.54) is 40.7 Å². The number of amides is 2. The van der Waals surface area contributed by atoms with E-state index in [2.05, 4.69) is 20.8 Å². The third-order valence-corrected chi connectivity index (χ3v) is 9.40. The second-order valence-electron chi connectivity index (χ2n) is 8.23. The van der Waals surface area contributed by atoms with Gasteiger partial charge >= 0.3 is 6.18 Å². The first-order valence-corrected chi connectivity index (χ1v) is 14.6. The van der Waals surface area contributed by atoms with Crippen LogP contribution in [0.1, 0.15) is 35.2 Å². The quantitative estimate of drug-likeness (QED) is 0.290. The number of anilines is 2. The lowest BCUT2D eigenvalue weighted by atomic mass is 10.2. The number of aromatic nitrogens is 2. The van der Waals surface area contributed by atoms with Gasteiger partial charge in [0, 0.05) is 24.3 Å². The van der Waals surface area contributed by atoms with E-state index in [-0.39, 0.29) is 27.0 Å². The van der Waals surface area contributed by atoms with Crippen LogP contribution in [-0.2, 0) is 21.0 Å². The molecular weight excluding hydrogens is 563 g/mol. The molecule has 1 aliphatic heterocycles. The second-order valence-corrected chi connectivity index (χ2v) is 12.4. The normalized spacial score (nSPS) is 14.7.